The van der Waals surface area contributed by atoms with Crippen molar-refractivity contribution in [3.05, 3.63) is 63.2 Å². The van der Waals surface area contributed by atoms with Crippen LogP contribution < -0.4 is 5.32 Å². The van der Waals surface area contributed by atoms with Crippen LogP contribution in [0, 0.1) is 10.1 Å². The minimum absolute atomic E-state index is 0.000345. The highest BCUT2D eigenvalue weighted by atomic mass is 35.5. The number of halogens is 1. The molecule has 2 aromatic carbocycles. The van der Waals surface area contributed by atoms with Crippen molar-refractivity contribution in [3.63, 3.8) is 0 Å². The van der Waals surface area contributed by atoms with Crippen LogP contribution in [-0.4, -0.2) is 48.7 Å². The van der Waals surface area contributed by atoms with Crippen molar-refractivity contribution in [3.8, 4) is 0 Å². The SMILES string of the molecule is CC(OC(=O)c1ccc([N+](=O)[O-])cc1)C(=O)Nc1cc(S(=O)(=O)N2CCCCC2)ccc1Cl. The molecule has 0 spiro atoms. The Bertz CT molecular complexity index is 1160. The molecule has 0 aliphatic carbocycles. The molecule has 3 rings (SSSR count). The summed E-state index contributed by atoms with van der Waals surface area (Å²) in [4.78, 5) is 34.9. The number of anilines is 1. The van der Waals surface area contributed by atoms with Crippen LogP contribution >= 0.6 is 11.6 Å². The zero-order chi connectivity index (χ0) is 24.2. The number of sulfonamides is 1. The molecule has 1 heterocycles. The van der Waals surface area contributed by atoms with Crippen LogP contribution in [0.3, 0.4) is 0 Å². The highest BCUT2D eigenvalue weighted by Crippen LogP contribution is 2.28. The number of carbonyl (C=O) groups excluding carboxylic acids is 2. The van der Waals surface area contributed by atoms with Crippen LogP contribution in [-0.2, 0) is 19.6 Å². The van der Waals surface area contributed by atoms with E-state index in [-0.39, 0.29) is 26.9 Å². The van der Waals surface area contributed by atoms with E-state index in [1.807, 2.05) is 0 Å². The van der Waals surface area contributed by atoms with E-state index in [9.17, 15) is 28.1 Å². The number of carbonyl (C=O) groups is 2. The minimum atomic E-state index is -3.73. The summed E-state index contributed by atoms with van der Waals surface area (Å²) in [5.74, 6) is -1.57. The van der Waals surface area contributed by atoms with Crippen molar-refractivity contribution in [2.24, 2.45) is 0 Å². The van der Waals surface area contributed by atoms with Crippen molar-refractivity contribution in [1.29, 1.82) is 0 Å². The van der Waals surface area contributed by atoms with Gasteiger partial charge in [0.1, 0.15) is 0 Å². The van der Waals surface area contributed by atoms with Gasteiger partial charge in [0.05, 0.1) is 26.1 Å². The molecule has 0 radical (unpaired) electrons. The second-order valence-corrected chi connectivity index (χ2v) is 9.79. The van der Waals surface area contributed by atoms with Crippen molar-refractivity contribution in [2.75, 3.05) is 18.4 Å². The van der Waals surface area contributed by atoms with Gasteiger partial charge >= 0.3 is 5.97 Å². The first-order valence-corrected chi connectivity index (χ1v) is 12.0. The molecule has 0 aromatic heterocycles. The Morgan fingerprint density at radius 1 is 1.12 bits per heavy atom. The molecule has 10 nitrogen and oxygen atoms in total. The third kappa shape index (κ3) is 5.86. The number of hydrogen-bond donors (Lipinski definition) is 1. The summed E-state index contributed by atoms with van der Waals surface area (Å²) in [6, 6.07) is 8.76. The Balaban J connectivity index is 1.69. The average molecular weight is 496 g/mol. The van der Waals surface area contributed by atoms with E-state index in [0.29, 0.717) is 13.1 Å². The molecule has 33 heavy (non-hydrogen) atoms. The highest BCUT2D eigenvalue weighted by Gasteiger charge is 2.27. The van der Waals surface area contributed by atoms with E-state index < -0.39 is 32.9 Å². The van der Waals surface area contributed by atoms with Crippen molar-refractivity contribution >= 4 is 44.9 Å². The Hall–Kier alpha value is -3.02. The topological polar surface area (TPSA) is 136 Å². The molecule has 1 amide bonds. The molecule has 0 saturated carbocycles. The van der Waals surface area contributed by atoms with E-state index in [0.717, 1.165) is 31.4 Å². The maximum atomic E-state index is 12.9. The fourth-order valence-corrected chi connectivity index (χ4v) is 4.96. The van der Waals surface area contributed by atoms with Gasteiger partial charge in [-0.2, -0.15) is 4.31 Å². The first kappa shape index (κ1) is 24.6. The molecule has 2 aromatic rings. The van der Waals surface area contributed by atoms with Gasteiger partial charge in [-0.05, 0) is 50.1 Å². The van der Waals surface area contributed by atoms with Gasteiger partial charge < -0.3 is 10.1 Å². The van der Waals surface area contributed by atoms with Crippen LogP contribution in [0.25, 0.3) is 0 Å². The number of nitro groups is 1. The van der Waals surface area contributed by atoms with Crippen LogP contribution in [0.4, 0.5) is 11.4 Å². The Morgan fingerprint density at radius 3 is 2.36 bits per heavy atom. The predicted molar refractivity (Wildman–Crippen MR) is 121 cm³/mol. The lowest BCUT2D eigenvalue weighted by Crippen LogP contribution is -2.35. The molecule has 1 unspecified atom stereocenters. The number of ether oxygens (including phenoxy) is 1. The lowest BCUT2D eigenvalue weighted by molar-refractivity contribution is -0.384. The van der Waals surface area contributed by atoms with Crippen LogP contribution in [0.5, 0.6) is 0 Å². The molecule has 1 saturated heterocycles. The van der Waals surface area contributed by atoms with Gasteiger partial charge in [0.2, 0.25) is 10.0 Å². The smallest absolute Gasteiger partial charge is 0.338 e. The summed E-state index contributed by atoms with van der Waals surface area (Å²) in [5.41, 5.74) is -0.0859. The number of nitrogens with zero attached hydrogens (tertiary/aromatic N) is 2. The summed E-state index contributed by atoms with van der Waals surface area (Å²) >= 11 is 6.14. The van der Waals surface area contributed by atoms with Crippen LogP contribution in [0.15, 0.2) is 47.4 Å². The summed E-state index contributed by atoms with van der Waals surface area (Å²) in [6.07, 6.45) is 1.30. The number of benzene rings is 2. The number of esters is 1. The molecule has 176 valence electrons. The molecule has 12 heteroatoms. The molecular formula is C21H22ClN3O7S. The maximum absolute atomic E-state index is 12.9. The molecule has 1 atom stereocenters. The standard InChI is InChI=1S/C21H22ClN3O7S/c1-14(32-21(27)15-5-7-16(8-6-15)25(28)29)20(26)23-19-13-17(9-10-18(19)22)33(30,31)24-11-3-2-4-12-24/h5-10,13-14H,2-4,11-12H2,1H3,(H,23,26). The molecule has 1 fully saturated rings. The van der Waals surface area contributed by atoms with Crippen LogP contribution in [0.1, 0.15) is 36.5 Å². The molecule has 1 N–H and O–H groups in total. The first-order chi connectivity index (χ1) is 15.6. The van der Waals surface area contributed by atoms with Gasteiger partial charge in [0, 0.05) is 25.2 Å². The van der Waals surface area contributed by atoms with E-state index in [4.69, 9.17) is 16.3 Å². The third-order valence-corrected chi connectivity index (χ3v) is 7.34. The average Bonchev–Trinajstić information content (AvgIpc) is 2.80. The Labute approximate surface area is 195 Å². The summed E-state index contributed by atoms with van der Waals surface area (Å²) < 4.78 is 32.3. The quantitative estimate of drug-likeness (QED) is 0.352. The second-order valence-electron chi connectivity index (χ2n) is 7.45. The summed E-state index contributed by atoms with van der Waals surface area (Å²) in [6.45, 7) is 2.20. The van der Waals surface area contributed by atoms with E-state index >= 15 is 0 Å². The van der Waals surface area contributed by atoms with E-state index in [2.05, 4.69) is 5.32 Å². The first-order valence-electron chi connectivity index (χ1n) is 10.2. The zero-order valence-corrected chi connectivity index (χ0v) is 19.3. The number of hydrogen-bond acceptors (Lipinski definition) is 7. The van der Waals surface area contributed by atoms with Crippen molar-refractivity contribution in [1.82, 2.24) is 4.31 Å². The molecule has 1 aliphatic rings. The lowest BCUT2D eigenvalue weighted by atomic mass is 10.2. The second kappa shape index (κ2) is 10.3. The largest absolute Gasteiger partial charge is 0.449 e. The van der Waals surface area contributed by atoms with Gasteiger partial charge in [-0.15, -0.1) is 0 Å². The molecule has 0 bridgehead atoms. The monoisotopic (exact) mass is 495 g/mol. The number of piperidine rings is 1. The zero-order valence-electron chi connectivity index (χ0n) is 17.7. The van der Waals surface area contributed by atoms with Crippen molar-refractivity contribution < 1.29 is 27.7 Å². The Kier molecular flexibility index (Phi) is 7.67. The molecular weight excluding hydrogens is 474 g/mol. The number of non-ortho nitro benzene ring substituents is 1. The van der Waals surface area contributed by atoms with Gasteiger partial charge in [0.15, 0.2) is 6.10 Å². The predicted octanol–water partition coefficient (Wildman–Crippen LogP) is 3.61. The number of amides is 1. The minimum Gasteiger partial charge on any atom is -0.449 e. The Morgan fingerprint density at radius 2 is 1.76 bits per heavy atom. The summed E-state index contributed by atoms with van der Waals surface area (Å²) in [5, 5.41) is 13.3. The van der Waals surface area contributed by atoms with Gasteiger partial charge in [-0.3, -0.25) is 14.9 Å². The van der Waals surface area contributed by atoms with E-state index in [1.165, 1.54) is 41.6 Å². The number of nitro benzene ring substituents is 1. The third-order valence-electron chi connectivity index (χ3n) is 5.12. The fraction of sp³-hybridized carbons (Fsp3) is 0.333. The number of rotatable bonds is 7. The fourth-order valence-electron chi connectivity index (χ4n) is 3.25. The lowest BCUT2D eigenvalue weighted by Gasteiger charge is -2.26. The van der Waals surface area contributed by atoms with Gasteiger partial charge in [-0.1, -0.05) is 18.0 Å². The number of nitrogens with one attached hydrogen (secondary N) is 1. The highest BCUT2D eigenvalue weighted by molar-refractivity contribution is 7.89. The normalized spacial score (nSPS) is 15.5. The molecule has 1 aliphatic heterocycles. The van der Waals surface area contributed by atoms with Gasteiger partial charge in [-0.25, -0.2) is 13.2 Å². The van der Waals surface area contributed by atoms with E-state index in [1.54, 1.807) is 0 Å². The van der Waals surface area contributed by atoms with Gasteiger partial charge in [0.25, 0.3) is 11.6 Å². The van der Waals surface area contributed by atoms with Crippen LogP contribution in [0.2, 0.25) is 5.02 Å². The van der Waals surface area contributed by atoms with Crippen molar-refractivity contribution in [2.45, 2.75) is 37.2 Å². The summed E-state index contributed by atoms with van der Waals surface area (Å²) in [7, 11) is -3.73. The maximum Gasteiger partial charge on any atom is 0.338 e.